The van der Waals surface area contributed by atoms with Gasteiger partial charge in [-0.25, -0.2) is 0 Å². The number of carbonyl (C=O) groups excluding carboxylic acids is 1. The highest BCUT2D eigenvalue weighted by Crippen LogP contribution is 2.56. The molecule has 0 aromatic carbocycles. The van der Waals surface area contributed by atoms with Gasteiger partial charge in [0.05, 0.1) is 0 Å². The van der Waals surface area contributed by atoms with E-state index in [9.17, 15) is 4.79 Å². The minimum atomic E-state index is 0. The molecule has 1 aliphatic heterocycles. The largest absolute Gasteiger partial charge is 0.335 e. The van der Waals surface area contributed by atoms with Gasteiger partial charge in [0.15, 0.2) is 0 Å². The van der Waals surface area contributed by atoms with Crippen LogP contribution in [0.15, 0.2) is 34.3 Å². The van der Waals surface area contributed by atoms with E-state index in [1.54, 1.807) is 22.7 Å². The van der Waals surface area contributed by atoms with Crippen LogP contribution in [0.1, 0.15) is 36.1 Å². The number of rotatable bonds is 6. The summed E-state index contributed by atoms with van der Waals surface area (Å²) in [6.45, 7) is 2.99. The first-order valence-corrected chi connectivity index (χ1v) is 10.6. The van der Waals surface area contributed by atoms with Crippen molar-refractivity contribution in [2.75, 3.05) is 13.1 Å². The molecule has 1 N–H and O–H groups in total. The second-order valence-electron chi connectivity index (χ2n) is 7.06. The Morgan fingerprint density at radius 2 is 2.12 bits per heavy atom. The number of hydrogen-bond acceptors (Lipinski definition) is 4. The summed E-state index contributed by atoms with van der Waals surface area (Å²) in [5, 5.41) is 9.83. The Labute approximate surface area is 163 Å². The molecule has 2 aromatic heterocycles. The molecule has 2 aliphatic rings. The van der Waals surface area contributed by atoms with Crippen LogP contribution in [0, 0.1) is 5.41 Å². The summed E-state index contributed by atoms with van der Waals surface area (Å²) in [6.07, 6.45) is 5.14. The Bertz CT molecular complexity index is 666. The molecule has 1 aliphatic carbocycles. The Morgan fingerprint density at radius 3 is 2.80 bits per heavy atom. The van der Waals surface area contributed by atoms with E-state index in [-0.39, 0.29) is 12.4 Å². The molecule has 6 heteroatoms. The fraction of sp³-hybridized carbons (Fsp3) is 0.526. The minimum absolute atomic E-state index is 0. The van der Waals surface area contributed by atoms with Gasteiger partial charge in [-0.3, -0.25) is 4.79 Å². The van der Waals surface area contributed by atoms with E-state index in [0.717, 1.165) is 26.1 Å². The Morgan fingerprint density at radius 1 is 1.28 bits per heavy atom. The van der Waals surface area contributed by atoms with Gasteiger partial charge < -0.3 is 10.2 Å². The van der Waals surface area contributed by atoms with Gasteiger partial charge in [-0.05, 0) is 78.0 Å². The van der Waals surface area contributed by atoms with Crippen LogP contribution in [0.5, 0.6) is 0 Å². The van der Waals surface area contributed by atoms with Crippen LogP contribution < -0.4 is 5.32 Å². The molecule has 2 aromatic rings. The maximum atomic E-state index is 13.0. The number of halogens is 1. The van der Waals surface area contributed by atoms with Crippen molar-refractivity contribution >= 4 is 41.0 Å². The molecule has 0 bridgehead atoms. The molecule has 3 heterocycles. The Hall–Kier alpha value is -0.880. The number of nitrogens with one attached hydrogen (secondary N) is 1. The average molecular weight is 397 g/mol. The highest BCUT2D eigenvalue weighted by molar-refractivity contribution is 7.09. The molecule has 0 radical (unpaired) electrons. The Kier molecular flexibility index (Phi) is 6.21. The summed E-state index contributed by atoms with van der Waals surface area (Å²) in [7, 11) is 0. The first-order chi connectivity index (χ1) is 11.8. The molecule has 2 fully saturated rings. The van der Waals surface area contributed by atoms with E-state index in [0.29, 0.717) is 23.8 Å². The normalized spacial score (nSPS) is 20.9. The van der Waals surface area contributed by atoms with Gasteiger partial charge >= 0.3 is 0 Å². The van der Waals surface area contributed by atoms with Gasteiger partial charge in [0.25, 0.3) is 0 Å². The van der Waals surface area contributed by atoms with Crippen molar-refractivity contribution in [3.8, 4) is 0 Å². The lowest BCUT2D eigenvalue weighted by Gasteiger charge is -2.29. The Balaban J connectivity index is 0.00000182. The molecule has 4 rings (SSSR count). The van der Waals surface area contributed by atoms with Gasteiger partial charge in [0.2, 0.25) is 5.91 Å². The van der Waals surface area contributed by atoms with Crippen molar-refractivity contribution in [3.63, 3.8) is 0 Å². The smallest absolute Gasteiger partial charge is 0.223 e. The molecule has 1 spiro atoms. The summed E-state index contributed by atoms with van der Waals surface area (Å²) < 4.78 is 0. The quantitative estimate of drug-likeness (QED) is 0.787. The number of amides is 1. The maximum absolute atomic E-state index is 13.0. The first kappa shape index (κ1) is 18.9. The highest BCUT2D eigenvalue weighted by atomic mass is 35.5. The van der Waals surface area contributed by atoms with Gasteiger partial charge in [0.1, 0.15) is 0 Å². The van der Waals surface area contributed by atoms with Crippen molar-refractivity contribution in [1.29, 1.82) is 0 Å². The van der Waals surface area contributed by atoms with E-state index < -0.39 is 0 Å². The lowest BCUT2D eigenvalue weighted by Crippen LogP contribution is -2.39. The van der Waals surface area contributed by atoms with Crippen LogP contribution in [-0.4, -0.2) is 29.9 Å². The predicted octanol–water partition coefficient (Wildman–Crippen LogP) is 4.33. The number of aryl methyl sites for hydroxylation is 1. The zero-order valence-electron chi connectivity index (χ0n) is 14.3. The second-order valence-corrected chi connectivity index (χ2v) is 8.88. The third-order valence-electron chi connectivity index (χ3n) is 5.54. The molecule has 1 saturated carbocycles. The van der Waals surface area contributed by atoms with Crippen molar-refractivity contribution in [1.82, 2.24) is 10.2 Å². The lowest BCUT2D eigenvalue weighted by atomic mass is 9.93. The summed E-state index contributed by atoms with van der Waals surface area (Å²) >= 11 is 3.47. The van der Waals surface area contributed by atoms with Crippen molar-refractivity contribution in [2.45, 2.75) is 44.7 Å². The van der Waals surface area contributed by atoms with Gasteiger partial charge in [-0.15, -0.1) is 23.7 Å². The van der Waals surface area contributed by atoms with E-state index in [4.69, 9.17) is 0 Å². The van der Waals surface area contributed by atoms with Crippen molar-refractivity contribution in [2.24, 2.45) is 5.41 Å². The number of nitrogens with zero attached hydrogens (tertiary/aromatic N) is 1. The lowest BCUT2D eigenvalue weighted by molar-refractivity contribution is -0.133. The van der Waals surface area contributed by atoms with E-state index in [2.05, 4.69) is 44.6 Å². The van der Waals surface area contributed by atoms with E-state index in [1.807, 2.05) is 0 Å². The topological polar surface area (TPSA) is 32.3 Å². The molecular formula is C19H25ClN2OS2. The summed E-state index contributed by atoms with van der Waals surface area (Å²) in [5.41, 5.74) is 1.68. The molecular weight excluding hydrogens is 372 g/mol. The molecule has 3 nitrogen and oxygen atoms in total. The zero-order valence-corrected chi connectivity index (χ0v) is 16.7. The van der Waals surface area contributed by atoms with Crippen molar-refractivity contribution < 1.29 is 4.79 Å². The molecule has 25 heavy (non-hydrogen) atoms. The SMILES string of the molecule is Cl.O=C(CCc1cccs1)N(Cc1ccsc1)C1CC12CCNCC2. The van der Waals surface area contributed by atoms with Gasteiger partial charge in [-0.1, -0.05) is 6.07 Å². The third-order valence-corrected chi connectivity index (χ3v) is 7.21. The van der Waals surface area contributed by atoms with Crippen LogP contribution in [0.2, 0.25) is 0 Å². The summed E-state index contributed by atoms with van der Waals surface area (Å²) in [4.78, 5) is 16.5. The molecule has 1 unspecified atom stereocenters. The summed E-state index contributed by atoms with van der Waals surface area (Å²) in [6, 6.07) is 6.81. The molecule has 1 saturated heterocycles. The molecule has 136 valence electrons. The maximum Gasteiger partial charge on any atom is 0.223 e. The minimum Gasteiger partial charge on any atom is -0.335 e. The fourth-order valence-electron chi connectivity index (χ4n) is 4.01. The number of carbonyl (C=O) groups is 1. The van der Waals surface area contributed by atoms with Crippen LogP contribution in [0.3, 0.4) is 0 Å². The first-order valence-electron chi connectivity index (χ1n) is 8.80. The van der Waals surface area contributed by atoms with Gasteiger partial charge in [-0.2, -0.15) is 11.3 Å². The fourth-order valence-corrected chi connectivity index (χ4v) is 5.38. The van der Waals surface area contributed by atoms with Crippen LogP contribution >= 0.6 is 35.1 Å². The average Bonchev–Trinajstić information content (AvgIpc) is 3.06. The predicted molar refractivity (Wildman–Crippen MR) is 108 cm³/mol. The van der Waals surface area contributed by atoms with Crippen molar-refractivity contribution in [3.05, 3.63) is 44.8 Å². The molecule has 1 amide bonds. The van der Waals surface area contributed by atoms with Crippen LogP contribution in [-0.2, 0) is 17.8 Å². The summed E-state index contributed by atoms with van der Waals surface area (Å²) in [5.74, 6) is 0.329. The van der Waals surface area contributed by atoms with E-state index >= 15 is 0 Å². The number of hydrogen-bond donors (Lipinski definition) is 1. The molecule has 1 atom stereocenters. The van der Waals surface area contributed by atoms with Crippen LogP contribution in [0.25, 0.3) is 0 Å². The number of piperidine rings is 1. The second kappa shape index (κ2) is 8.21. The third kappa shape index (κ3) is 4.27. The van der Waals surface area contributed by atoms with Gasteiger partial charge in [0, 0.05) is 23.9 Å². The highest BCUT2D eigenvalue weighted by Gasteiger charge is 2.57. The number of thiophene rings is 2. The standard InChI is InChI=1S/C19H24N2OS2.ClH/c22-18(4-3-16-2-1-10-24-16)21(13-15-5-11-23-14-15)17-12-19(17)6-8-20-9-7-19;/h1-2,5,10-11,14,17,20H,3-4,6-9,12-13H2;1H. The monoisotopic (exact) mass is 396 g/mol. The van der Waals surface area contributed by atoms with Crippen LogP contribution in [0.4, 0.5) is 0 Å². The van der Waals surface area contributed by atoms with E-state index in [1.165, 1.54) is 29.7 Å². The zero-order chi connectivity index (χ0) is 16.4.